The molecule has 2 atom stereocenters. The summed E-state index contributed by atoms with van der Waals surface area (Å²) in [5.74, 6) is 2.67. The first-order valence-electron chi connectivity index (χ1n) is 6.35. The average molecular weight is 244 g/mol. The SMILES string of the molecule is CC1CCC(c2noc(-c3cccc(O)c3)n2)C1. The maximum atomic E-state index is 9.44. The standard InChI is InChI=1S/C14H16N2O2/c1-9-5-6-10(7-9)13-15-14(18-16-13)11-3-2-4-12(17)8-11/h2-4,8-10,17H,5-7H2,1H3. The van der Waals surface area contributed by atoms with Gasteiger partial charge in [-0.2, -0.15) is 4.98 Å². The van der Waals surface area contributed by atoms with E-state index < -0.39 is 0 Å². The van der Waals surface area contributed by atoms with Gasteiger partial charge < -0.3 is 9.63 Å². The van der Waals surface area contributed by atoms with Crippen LogP contribution in [0.5, 0.6) is 5.75 Å². The van der Waals surface area contributed by atoms with Crippen molar-refractivity contribution < 1.29 is 9.63 Å². The zero-order chi connectivity index (χ0) is 12.5. The molecule has 1 aliphatic carbocycles. The summed E-state index contributed by atoms with van der Waals surface area (Å²) < 4.78 is 5.28. The zero-order valence-corrected chi connectivity index (χ0v) is 10.3. The predicted molar refractivity (Wildman–Crippen MR) is 67.2 cm³/mol. The Labute approximate surface area is 106 Å². The van der Waals surface area contributed by atoms with E-state index in [0.29, 0.717) is 11.8 Å². The van der Waals surface area contributed by atoms with Crippen molar-refractivity contribution >= 4 is 0 Å². The fraction of sp³-hybridized carbons (Fsp3) is 0.429. The molecule has 0 radical (unpaired) electrons. The molecule has 1 fully saturated rings. The first kappa shape index (κ1) is 11.3. The molecule has 0 amide bonds. The van der Waals surface area contributed by atoms with Crippen LogP contribution in [0.4, 0.5) is 0 Å². The number of benzene rings is 1. The van der Waals surface area contributed by atoms with Crippen molar-refractivity contribution in [2.24, 2.45) is 5.92 Å². The molecule has 0 aliphatic heterocycles. The van der Waals surface area contributed by atoms with E-state index in [1.54, 1.807) is 18.2 Å². The Morgan fingerprint density at radius 1 is 1.33 bits per heavy atom. The lowest BCUT2D eigenvalue weighted by atomic mass is 10.1. The number of aromatic nitrogens is 2. The van der Waals surface area contributed by atoms with Gasteiger partial charge in [0, 0.05) is 11.5 Å². The Morgan fingerprint density at radius 3 is 2.94 bits per heavy atom. The smallest absolute Gasteiger partial charge is 0.258 e. The lowest BCUT2D eigenvalue weighted by molar-refractivity contribution is 0.414. The fourth-order valence-corrected chi connectivity index (χ4v) is 2.60. The molecule has 1 heterocycles. The molecule has 1 aromatic carbocycles. The van der Waals surface area contributed by atoms with Crippen LogP contribution in [0.1, 0.15) is 37.9 Å². The number of aromatic hydroxyl groups is 1. The minimum atomic E-state index is 0.210. The summed E-state index contributed by atoms with van der Waals surface area (Å²) in [4.78, 5) is 4.45. The molecule has 18 heavy (non-hydrogen) atoms. The van der Waals surface area contributed by atoms with Crippen molar-refractivity contribution in [1.82, 2.24) is 10.1 Å². The minimum absolute atomic E-state index is 0.210. The van der Waals surface area contributed by atoms with Crippen molar-refractivity contribution in [1.29, 1.82) is 0 Å². The Bertz CT molecular complexity index is 550. The van der Waals surface area contributed by atoms with Crippen LogP contribution in [0.2, 0.25) is 0 Å². The second-order valence-corrected chi connectivity index (χ2v) is 5.12. The maximum absolute atomic E-state index is 9.44. The number of nitrogens with zero attached hydrogens (tertiary/aromatic N) is 2. The van der Waals surface area contributed by atoms with E-state index in [4.69, 9.17) is 4.52 Å². The fourth-order valence-electron chi connectivity index (χ4n) is 2.60. The zero-order valence-electron chi connectivity index (χ0n) is 10.3. The second-order valence-electron chi connectivity index (χ2n) is 5.12. The minimum Gasteiger partial charge on any atom is -0.508 e. The lowest BCUT2D eigenvalue weighted by Crippen LogP contribution is -1.96. The number of hydrogen-bond acceptors (Lipinski definition) is 4. The van der Waals surface area contributed by atoms with E-state index in [-0.39, 0.29) is 5.75 Å². The maximum Gasteiger partial charge on any atom is 0.258 e. The summed E-state index contributed by atoms with van der Waals surface area (Å²) in [6.45, 7) is 2.26. The van der Waals surface area contributed by atoms with Crippen LogP contribution >= 0.6 is 0 Å². The Kier molecular flexibility index (Phi) is 2.78. The van der Waals surface area contributed by atoms with E-state index in [2.05, 4.69) is 17.1 Å². The van der Waals surface area contributed by atoms with Crippen LogP contribution in [-0.2, 0) is 0 Å². The van der Waals surface area contributed by atoms with Gasteiger partial charge in [-0.1, -0.05) is 18.1 Å². The van der Waals surface area contributed by atoms with Gasteiger partial charge in [0.1, 0.15) is 5.75 Å². The topological polar surface area (TPSA) is 59.2 Å². The van der Waals surface area contributed by atoms with Crippen molar-refractivity contribution in [3.63, 3.8) is 0 Å². The molecule has 1 aliphatic rings. The molecule has 1 N–H and O–H groups in total. The number of phenolic OH excluding ortho intramolecular Hbond substituents is 1. The van der Waals surface area contributed by atoms with Gasteiger partial charge in [-0.15, -0.1) is 0 Å². The highest BCUT2D eigenvalue weighted by atomic mass is 16.5. The molecule has 1 saturated carbocycles. The summed E-state index contributed by atoms with van der Waals surface area (Å²) >= 11 is 0. The van der Waals surface area contributed by atoms with Crippen LogP contribution in [0, 0.1) is 5.92 Å². The quantitative estimate of drug-likeness (QED) is 0.880. The molecule has 1 aromatic heterocycles. The Morgan fingerprint density at radius 2 is 2.22 bits per heavy atom. The van der Waals surface area contributed by atoms with Crippen LogP contribution in [0.15, 0.2) is 28.8 Å². The third kappa shape index (κ3) is 2.10. The molecule has 3 rings (SSSR count). The number of phenols is 1. The Balaban J connectivity index is 1.85. The van der Waals surface area contributed by atoms with E-state index in [1.165, 1.54) is 6.42 Å². The van der Waals surface area contributed by atoms with Crippen LogP contribution in [0.25, 0.3) is 11.5 Å². The van der Waals surface area contributed by atoms with Gasteiger partial charge in [-0.3, -0.25) is 0 Å². The van der Waals surface area contributed by atoms with E-state index in [1.807, 2.05) is 6.07 Å². The van der Waals surface area contributed by atoms with Crippen LogP contribution in [0.3, 0.4) is 0 Å². The monoisotopic (exact) mass is 244 g/mol. The predicted octanol–water partition coefficient (Wildman–Crippen LogP) is 3.35. The number of hydrogen-bond donors (Lipinski definition) is 1. The highest BCUT2D eigenvalue weighted by Crippen LogP contribution is 2.37. The molecule has 0 bridgehead atoms. The first-order valence-corrected chi connectivity index (χ1v) is 6.35. The largest absolute Gasteiger partial charge is 0.508 e. The molecule has 0 spiro atoms. The highest BCUT2D eigenvalue weighted by Gasteiger charge is 2.27. The van der Waals surface area contributed by atoms with Crippen LogP contribution in [-0.4, -0.2) is 15.2 Å². The van der Waals surface area contributed by atoms with Crippen LogP contribution < -0.4 is 0 Å². The van der Waals surface area contributed by atoms with Gasteiger partial charge in [-0.25, -0.2) is 0 Å². The summed E-state index contributed by atoms with van der Waals surface area (Å²) in [5.41, 5.74) is 0.764. The van der Waals surface area contributed by atoms with Crippen molar-refractivity contribution in [2.45, 2.75) is 32.1 Å². The molecular weight excluding hydrogens is 228 g/mol. The second kappa shape index (κ2) is 4.44. The first-order chi connectivity index (χ1) is 8.72. The van der Waals surface area contributed by atoms with E-state index >= 15 is 0 Å². The van der Waals surface area contributed by atoms with Crippen molar-refractivity contribution in [3.05, 3.63) is 30.1 Å². The molecule has 4 heteroatoms. The molecule has 4 nitrogen and oxygen atoms in total. The van der Waals surface area contributed by atoms with Gasteiger partial charge in [0.25, 0.3) is 5.89 Å². The van der Waals surface area contributed by atoms with Crippen molar-refractivity contribution in [3.8, 4) is 17.2 Å². The van der Waals surface area contributed by atoms with Gasteiger partial charge >= 0.3 is 0 Å². The lowest BCUT2D eigenvalue weighted by Gasteiger charge is -2.01. The summed E-state index contributed by atoms with van der Waals surface area (Å²) in [6, 6.07) is 6.88. The normalized spacial score (nSPS) is 23.4. The summed E-state index contributed by atoms with van der Waals surface area (Å²) in [6.07, 6.45) is 3.51. The third-order valence-electron chi connectivity index (χ3n) is 3.59. The van der Waals surface area contributed by atoms with Crippen molar-refractivity contribution in [2.75, 3.05) is 0 Å². The van der Waals surface area contributed by atoms with E-state index in [9.17, 15) is 5.11 Å². The van der Waals surface area contributed by atoms with Gasteiger partial charge in [0.15, 0.2) is 5.82 Å². The molecular formula is C14H16N2O2. The van der Waals surface area contributed by atoms with Gasteiger partial charge in [0.2, 0.25) is 0 Å². The van der Waals surface area contributed by atoms with Gasteiger partial charge in [0.05, 0.1) is 0 Å². The average Bonchev–Trinajstić information content (AvgIpc) is 2.97. The van der Waals surface area contributed by atoms with E-state index in [0.717, 1.165) is 30.1 Å². The Hall–Kier alpha value is -1.84. The summed E-state index contributed by atoms with van der Waals surface area (Å²) in [5, 5.41) is 13.5. The molecule has 0 saturated heterocycles. The molecule has 2 unspecified atom stereocenters. The molecule has 2 aromatic rings. The molecule has 94 valence electrons. The number of rotatable bonds is 2. The third-order valence-corrected chi connectivity index (χ3v) is 3.59. The highest BCUT2D eigenvalue weighted by molar-refractivity contribution is 5.55. The summed E-state index contributed by atoms with van der Waals surface area (Å²) in [7, 11) is 0. The van der Waals surface area contributed by atoms with Gasteiger partial charge in [-0.05, 0) is 43.4 Å².